The molecule has 19 heavy (non-hydrogen) atoms. The average molecular weight is 254 g/mol. The molecule has 2 heterocycles. The lowest BCUT2D eigenvalue weighted by atomic mass is 10.1. The van der Waals surface area contributed by atoms with E-state index >= 15 is 0 Å². The van der Waals surface area contributed by atoms with Gasteiger partial charge in [0.15, 0.2) is 5.65 Å². The molecule has 0 saturated heterocycles. The molecule has 5 nitrogen and oxygen atoms in total. The van der Waals surface area contributed by atoms with Gasteiger partial charge in [-0.2, -0.15) is 5.10 Å². The number of nitrogens with two attached hydrogens (primary N) is 1. The smallest absolute Gasteiger partial charge is 0.158 e. The summed E-state index contributed by atoms with van der Waals surface area (Å²) in [5.41, 5.74) is 9.15. The Morgan fingerprint density at radius 1 is 1.21 bits per heavy atom. The second-order valence-electron chi connectivity index (χ2n) is 4.34. The van der Waals surface area contributed by atoms with Gasteiger partial charge in [-0.05, 0) is 30.3 Å². The van der Waals surface area contributed by atoms with Gasteiger partial charge in [-0.1, -0.05) is 0 Å². The van der Waals surface area contributed by atoms with Crippen LogP contribution in [0.5, 0.6) is 5.75 Å². The fourth-order valence-electron chi connectivity index (χ4n) is 2.12. The minimum absolute atomic E-state index is 0.635. The van der Waals surface area contributed by atoms with E-state index in [2.05, 4.69) is 10.1 Å². The average Bonchev–Trinajstić information content (AvgIpc) is 2.75. The lowest BCUT2D eigenvalue weighted by Gasteiger charge is -2.01. The van der Waals surface area contributed by atoms with Crippen molar-refractivity contribution < 1.29 is 4.74 Å². The van der Waals surface area contributed by atoms with Gasteiger partial charge in [0, 0.05) is 18.0 Å². The van der Waals surface area contributed by atoms with Crippen molar-refractivity contribution in [3.8, 4) is 17.0 Å². The van der Waals surface area contributed by atoms with Crippen molar-refractivity contribution in [2.24, 2.45) is 7.05 Å². The van der Waals surface area contributed by atoms with Crippen LogP contribution in [-0.2, 0) is 7.05 Å². The Kier molecular flexibility index (Phi) is 2.59. The van der Waals surface area contributed by atoms with Crippen molar-refractivity contribution >= 4 is 16.7 Å². The number of aromatic nitrogens is 3. The van der Waals surface area contributed by atoms with Gasteiger partial charge < -0.3 is 10.5 Å². The number of hydrogen-bond acceptors (Lipinski definition) is 4. The minimum atomic E-state index is 0.635. The molecule has 0 amide bonds. The van der Waals surface area contributed by atoms with Gasteiger partial charge >= 0.3 is 0 Å². The number of nitrogen functional groups attached to an aromatic ring is 1. The summed E-state index contributed by atoms with van der Waals surface area (Å²) in [4.78, 5) is 4.31. The van der Waals surface area contributed by atoms with Crippen molar-refractivity contribution in [3.05, 3.63) is 36.5 Å². The van der Waals surface area contributed by atoms with Crippen LogP contribution in [0, 0.1) is 0 Å². The normalized spacial score (nSPS) is 10.8. The summed E-state index contributed by atoms with van der Waals surface area (Å²) < 4.78 is 6.92. The highest BCUT2D eigenvalue weighted by Crippen LogP contribution is 2.28. The topological polar surface area (TPSA) is 66.0 Å². The van der Waals surface area contributed by atoms with E-state index in [9.17, 15) is 0 Å². The van der Waals surface area contributed by atoms with Crippen LogP contribution in [0.2, 0.25) is 0 Å². The third-order valence-corrected chi connectivity index (χ3v) is 3.06. The fraction of sp³-hybridized carbons (Fsp3) is 0.143. The largest absolute Gasteiger partial charge is 0.497 e. The number of fused-ring (bicyclic) bond motifs is 1. The Morgan fingerprint density at radius 2 is 1.95 bits per heavy atom. The molecule has 0 saturated carbocycles. The lowest BCUT2D eigenvalue weighted by Crippen LogP contribution is -1.92. The highest BCUT2D eigenvalue weighted by Gasteiger charge is 2.11. The molecule has 0 fully saturated rings. The second-order valence-corrected chi connectivity index (χ2v) is 4.34. The number of pyridine rings is 1. The number of anilines is 1. The van der Waals surface area contributed by atoms with E-state index in [4.69, 9.17) is 10.5 Å². The highest BCUT2D eigenvalue weighted by atomic mass is 16.5. The van der Waals surface area contributed by atoms with Gasteiger partial charge in [-0.3, -0.25) is 0 Å². The maximum absolute atomic E-state index is 5.81. The first-order valence-electron chi connectivity index (χ1n) is 5.91. The molecule has 0 unspecified atom stereocenters. The van der Waals surface area contributed by atoms with Crippen LogP contribution in [-0.4, -0.2) is 21.9 Å². The van der Waals surface area contributed by atoms with Crippen molar-refractivity contribution in [1.29, 1.82) is 0 Å². The highest BCUT2D eigenvalue weighted by molar-refractivity contribution is 5.92. The van der Waals surface area contributed by atoms with Crippen molar-refractivity contribution in [1.82, 2.24) is 14.8 Å². The van der Waals surface area contributed by atoms with Crippen LogP contribution in [0.15, 0.2) is 36.5 Å². The van der Waals surface area contributed by atoms with Crippen molar-refractivity contribution in [2.45, 2.75) is 0 Å². The molecule has 1 aromatic carbocycles. The number of ether oxygens (including phenoxy) is 1. The first-order chi connectivity index (χ1) is 9.19. The number of aryl methyl sites for hydroxylation is 1. The zero-order valence-corrected chi connectivity index (χ0v) is 10.8. The summed E-state index contributed by atoms with van der Waals surface area (Å²) in [5.74, 6) is 0.821. The molecular formula is C14H14N4O. The van der Waals surface area contributed by atoms with E-state index in [0.29, 0.717) is 5.69 Å². The van der Waals surface area contributed by atoms with Crippen LogP contribution in [0.25, 0.3) is 22.3 Å². The van der Waals surface area contributed by atoms with Crippen LogP contribution in [0.4, 0.5) is 5.69 Å². The number of hydrogen-bond donors (Lipinski definition) is 1. The Labute approximate surface area is 110 Å². The monoisotopic (exact) mass is 254 g/mol. The molecular weight excluding hydrogens is 240 g/mol. The maximum atomic E-state index is 5.81. The van der Waals surface area contributed by atoms with E-state index in [1.54, 1.807) is 18.0 Å². The zero-order chi connectivity index (χ0) is 13.4. The van der Waals surface area contributed by atoms with E-state index in [1.165, 1.54) is 0 Å². The molecule has 5 heteroatoms. The predicted molar refractivity (Wildman–Crippen MR) is 74.9 cm³/mol. The van der Waals surface area contributed by atoms with E-state index in [1.807, 2.05) is 37.4 Å². The zero-order valence-electron chi connectivity index (χ0n) is 10.8. The first kappa shape index (κ1) is 11.5. The SMILES string of the molecule is COc1ccc(-c2nn(C)c3ncc(N)cc23)cc1. The molecule has 0 atom stereocenters. The minimum Gasteiger partial charge on any atom is -0.497 e. The van der Waals surface area contributed by atoms with Gasteiger partial charge in [0.25, 0.3) is 0 Å². The van der Waals surface area contributed by atoms with Crippen LogP contribution >= 0.6 is 0 Å². The standard InChI is InChI=1S/C14H14N4O/c1-18-14-12(7-10(15)8-16-14)13(17-18)9-3-5-11(19-2)6-4-9/h3-8H,15H2,1-2H3. The number of benzene rings is 1. The number of rotatable bonds is 2. The Morgan fingerprint density at radius 3 is 2.63 bits per heavy atom. The molecule has 0 bridgehead atoms. The van der Waals surface area contributed by atoms with Gasteiger partial charge in [0.1, 0.15) is 11.4 Å². The number of methoxy groups -OCH3 is 1. The van der Waals surface area contributed by atoms with E-state index in [-0.39, 0.29) is 0 Å². The predicted octanol–water partition coefficient (Wildman–Crippen LogP) is 2.23. The molecule has 2 aromatic heterocycles. The molecule has 0 aliphatic rings. The molecule has 2 N–H and O–H groups in total. The quantitative estimate of drug-likeness (QED) is 0.761. The fourth-order valence-corrected chi connectivity index (χ4v) is 2.12. The maximum Gasteiger partial charge on any atom is 0.158 e. The molecule has 0 spiro atoms. The summed E-state index contributed by atoms with van der Waals surface area (Å²) in [6.45, 7) is 0. The van der Waals surface area contributed by atoms with Crippen LogP contribution < -0.4 is 10.5 Å². The van der Waals surface area contributed by atoms with Crippen molar-refractivity contribution in [2.75, 3.05) is 12.8 Å². The molecule has 0 aliphatic carbocycles. The Hall–Kier alpha value is -2.56. The summed E-state index contributed by atoms with van der Waals surface area (Å²) >= 11 is 0. The van der Waals surface area contributed by atoms with Gasteiger partial charge in [-0.15, -0.1) is 0 Å². The Balaban J connectivity index is 2.20. The van der Waals surface area contributed by atoms with Gasteiger partial charge in [0.05, 0.1) is 19.0 Å². The summed E-state index contributed by atoms with van der Waals surface area (Å²) in [5, 5.41) is 5.47. The summed E-state index contributed by atoms with van der Waals surface area (Å²) in [6, 6.07) is 9.67. The van der Waals surface area contributed by atoms with Gasteiger partial charge in [0.2, 0.25) is 0 Å². The first-order valence-corrected chi connectivity index (χ1v) is 5.91. The second kappa shape index (κ2) is 4.28. The van der Waals surface area contributed by atoms with Crippen LogP contribution in [0.3, 0.4) is 0 Å². The molecule has 96 valence electrons. The lowest BCUT2D eigenvalue weighted by molar-refractivity contribution is 0.415. The number of nitrogens with zero attached hydrogens (tertiary/aromatic N) is 3. The van der Waals surface area contributed by atoms with Crippen molar-refractivity contribution in [3.63, 3.8) is 0 Å². The molecule has 0 aliphatic heterocycles. The third kappa shape index (κ3) is 1.89. The molecule has 3 aromatic rings. The van der Waals surface area contributed by atoms with Gasteiger partial charge in [-0.25, -0.2) is 9.67 Å². The molecule has 0 radical (unpaired) electrons. The Bertz CT molecular complexity index is 731. The molecule has 3 rings (SSSR count). The third-order valence-electron chi connectivity index (χ3n) is 3.06. The summed E-state index contributed by atoms with van der Waals surface area (Å²) in [6.07, 6.45) is 1.64. The van der Waals surface area contributed by atoms with Crippen LogP contribution in [0.1, 0.15) is 0 Å². The summed E-state index contributed by atoms with van der Waals surface area (Å²) in [7, 11) is 3.52. The van der Waals surface area contributed by atoms with E-state index < -0.39 is 0 Å². The van der Waals surface area contributed by atoms with E-state index in [0.717, 1.165) is 28.0 Å².